The third-order valence-corrected chi connectivity index (χ3v) is 4.67. The number of aromatic nitrogens is 4. The van der Waals surface area contributed by atoms with Crippen LogP contribution in [0.4, 0.5) is 0 Å². The molecule has 4 rings (SSSR count). The van der Waals surface area contributed by atoms with Gasteiger partial charge in [-0.2, -0.15) is 5.10 Å². The lowest BCUT2D eigenvalue weighted by atomic mass is 10.1. The third kappa shape index (κ3) is 3.68. The van der Waals surface area contributed by atoms with Crippen molar-refractivity contribution in [3.05, 3.63) is 84.6 Å². The number of nitrogens with one attached hydrogen (secondary N) is 1. The Morgan fingerprint density at radius 1 is 1.00 bits per heavy atom. The van der Waals surface area contributed by atoms with Crippen LogP contribution in [0, 0.1) is 0 Å². The molecule has 0 aliphatic carbocycles. The number of rotatable bonds is 7. The van der Waals surface area contributed by atoms with Gasteiger partial charge in [0.1, 0.15) is 11.7 Å². The number of ketones is 1. The summed E-state index contributed by atoms with van der Waals surface area (Å²) in [6, 6.07) is 15.0. The first kappa shape index (κ1) is 19.1. The van der Waals surface area contributed by atoms with Crippen molar-refractivity contribution in [2.45, 2.75) is 12.5 Å². The topological polar surface area (TPSA) is 124 Å². The molecule has 9 nitrogen and oxygen atoms in total. The van der Waals surface area contributed by atoms with E-state index in [4.69, 9.17) is 5.73 Å². The van der Waals surface area contributed by atoms with E-state index >= 15 is 0 Å². The second-order valence-electron chi connectivity index (χ2n) is 6.60. The van der Waals surface area contributed by atoms with Crippen LogP contribution in [-0.2, 0) is 16.0 Å². The second kappa shape index (κ2) is 8.00. The minimum atomic E-state index is -1.12. The molecule has 2 amide bonds. The molecule has 4 heterocycles. The van der Waals surface area contributed by atoms with Gasteiger partial charge in [-0.05, 0) is 42.5 Å². The number of pyridine rings is 2. The van der Waals surface area contributed by atoms with Gasteiger partial charge in [-0.15, -0.1) is 0 Å². The van der Waals surface area contributed by atoms with Crippen molar-refractivity contribution >= 4 is 23.1 Å². The zero-order valence-electron chi connectivity index (χ0n) is 15.8. The van der Waals surface area contributed by atoms with Gasteiger partial charge < -0.3 is 15.5 Å². The average Bonchev–Trinajstić information content (AvgIpc) is 3.41. The van der Waals surface area contributed by atoms with Crippen molar-refractivity contribution in [2.75, 3.05) is 0 Å². The molecule has 9 heteroatoms. The standard InChI is InChI=1S/C21H18N6O3/c22-20(29)19(28)16(13-15-8-7-14-5-2-4-12-26(14)15)25-21(30)17-9-11-24-27(17)18-6-1-3-10-23-18/h1-12,16H,13H2,(H2,22,29)(H,25,30). The van der Waals surface area contributed by atoms with E-state index in [-0.39, 0.29) is 12.1 Å². The summed E-state index contributed by atoms with van der Waals surface area (Å²) < 4.78 is 3.24. The number of amides is 2. The molecule has 0 aliphatic rings. The summed E-state index contributed by atoms with van der Waals surface area (Å²) in [6.45, 7) is 0. The maximum Gasteiger partial charge on any atom is 0.287 e. The van der Waals surface area contributed by atoms with E-state index in [1.165, 1.54) is 16.9 Å². The number of carbonyl (C=O) groups is 3. The van der Waals surface area contributed by atoms with Gasteiger partial charge in [0.25, 0.3) is 11.8 Å². The van der Waals surface area contributed by atoms with Crippen molar-refractivity contribution in [3.8, 4) is 5.82 Å². The number of hydrogen-bond donors (Lipinski definition) is 2. The largest absolute Gasteiger partial charge is 0.363 e. The zero-order chi connectivity index (χ0) is 21.1. The van der Waals surface area contributed by atoms with Crippen LogP contribution in [0.1, 0.15) is 16.2 Å². The maximum absolute atomic E-state index is 12.9. The smallest absolute Gasteiger partial charge is 0.287 e. The van der Waals surface area contributed by atoms with Gasteiger partial charge >= 0.3 is 0 Å². The molecule has 3 N–H and O–H groups in total. The number of nitrogens with zero attached hydrogens (tertiary/aromatic N) is 4. The first-order valence-corrected chi connectivity index (χ1v) is 9.19. The van der Waals surface area contributed by atoms with Crippen LogP contribution in [0.2, 0.25) is 0 Å². The van der Waals surface area contributed by atoms with Gasteiger partial charge in [-0.1, -0.05) is 12.1 Å². The molecule has 30 heavy (non-hydrogen) atoms. The summed E-state index contributed by atoms with van der Waals surface area (Å²) in [5, 5.41) is 6.75. The second-order valence-corrected chi connectivity index (χ2v) is 6.60. The quantitative estimate of drug-likeness (QED) is 0.445. The van der Waals surface area contributed by atoms with Gasteiger partial charge in [0.15, 0.2) is 5.82 Å². The summed E-state index contributed by atoms with van der Waals surface area (Å²) in [5.41, 5.74) is 7.08. The normalized spacial score (nSPS) is 11.9. The van der Waals surface area contributed by atoms with Crippen LogP contribution in [0.3, 0.4) is 0 Å². The number of nitrogens with two attached hydrogens (primary N) is 1. The van der Waals surface area contributed by atoms with Gasteiger partial charge in [0, 0.05) is 30.0 Å². The van der Waals surface area contributed by atoms with Crippen LogP contribution < -0.4 is 11.1 Å². The van der Waals surface area contributed by atoms with Crippen LogP contribution in [0.25, 0.3) is 11.3 Å². The minimum Gasteiger partial charge on any atom is -0.363 e. The van der Waals surface area contributed by atoms with E-state index < -0.39 is 23.6 Å². The molecule has 0 aromatic carbocycles. The Labute approximate surface area is 171 Å². The summed E-state index contributed by atoms with van der Waals surface area (Å²) in [6.07, 6.45) is 4.97. The summed E-state index contributed by atoms with van der Waals surface area (Å²) in [5.74, 6) is -2.11. The van der Waals surface area contributed by atoms with Crippen LogP contribution in [-0.4, -0.2) is 42.8 Å². The fraction of sp³-hybridized carbons (Fsp3) is 0.0952. The summed E-state index contributed by atoms with van der Waals surface area (Å²) in [7, 11) is 0. The number of primary amides is 1. The fourth-order valence-corrected chi connectivity index (χ4v) is 3.24. The Bertz CT molecular complexity index is 1230. The summed E-state index contributed by atoms with van der Waals surface area (Å²) >= 11 is 0. The fourth-order valence-electron chi connectivity index (χ4n) is 3.24. The molecule has 0 aliphatic heterocycles. The molecule has 0 bridgehead atoms. The lowest BCUT2D eigenvalue weighted by Gasteiger charge is -2.17. The molecule has 0 spiro atoms. The number of hydrogen-bond acceptors (Lipinski definition) is 5. The van der Waals surface area contributed by atoms with Crippen molar-refractivity contribution in [3.63, 3.8) is 0 Å². The number of fused-ring (bicyclic) bond motifs is 1. The van der Waals surface area contributed by atoms with Gasteiger partial charge in [0.05, 0.1) is 6.20 Å². The van der Waals surface area contributed by atoms with Crippen molar-refractivity contribution < 1.29 is 14.4 Å². The molecule has 150 valence electrons. The molecule has 0 saturated heterocycles. The van der Waals surface area contributed by atoms with E-state index in [0.29, 0.717) is 5.82 Å². The van der Waals surface area contributed by atoms with E-state index in [1.807, 2.05) is 40.9 Å². The molecule has 0 radical (unpaired) electrons. The molecular formula is C21H18N6O3. The first-order chi connectivity index (χ1) is 14.5. The highest BCUT2D eigenvalue weighted by molar-refractivity contribution is 6.38. The highest BCUT2D eigenvalue weighted by Gasteiger charge is 2.28. The molecule has 0 saturated carbocycles. The van der Waals surface area contributed by atoms with Crippen LogP contribution in [0.5, 0.6) is 0 Å². The molecule has 1 atom stereocenters. The van der Waals surface area contributed by atoms with E-state index in [2.05, 4.69) is 15.4 Å². The molecule has 0 fully saturated rings. The van der Waals surface area contributed by atoms with Crippen LogP contribution in [0.15, 0.2) is 73.2 Å². The van der Waals surface area contributed by atoms with Gasteiger partial charge in [-0.3, -0.25) is 14.4 Å². The first-order valence-electron chi connectivity index (χ1n) is 9.19. The molecule has 4 aromatic heterocycles. The number of carbonyl (C=O) groups excluding carboxylic acids is 3. The highest BCUT2D eigenvalue weighted by atomic mass is 16.2. The minimum absolute atomic E-state index is 0.101. The Balaban J connectivity index is 1.62. The lowest BCUT2D eigenvalue weighted by molar-refractivity contribution is -0.137. The van der Waals surface area contributed by atoms with Crippen molar-refractivity contribution in [1.29, 1.82) is 0 Å². The maximum atomic E-state index is 12.9. The highest BCUT2D eigenvalue weighted by Crippen LogP contribution is 2.13. The molecular weight excluding hydrogens is 384 g/mol. The Kier molecular flexibility index (Phi) is 5.08. The summed E-state index contributed by atoms with van der Waals surface area (Å²) in [4.78, 5) is 41.1. The Hall–Kier alpha value is -4.27. The predicted octanol–water partition coefficient (Wildman–Crippen LogP) is 0.915. The monoisotopic (exact) mass is 402 g/mol. The predicted molar refractivity (Wildman–Crippen MR) is 108 cm³/mol. The average molecular weight is 402 g/mol. The third-order valence-electron chi connectivity index (χ3n) is 4.67. The molecule has 1 unspecified atom stereocenters. The zero-order valence-corrected chi connectivity index (χ0v) is 15.8. The van der Waals surface area contributed by atoms with Crippen molar-refractivity contribution in [2.24, 2.45) is 5.73 Å². The lowest BCUT2D eigenvalue weighted by Crippen LogP contribution is -2.47. The molecule has 4 aromatic rings. The Morgan fingerprint density at radius 2 is 1.83 bits per heavy atom. The van der Waals surface area contributed by atoms with E-state index in [1.54, 1.807) is 24.4 Å². The Morgan fingerprint density at radius 3 is 2.60 bits per heavy atom. The number of Topliss-reactive ketones (excluding diaryl/α,β-unsaturated/α-hetero) is 1. The van der Waals surface area contributed by atoms with Gasteiger partial charge in [-0.25, -0.2) is 9.67 Å². The van der Waals surface area contributed by atoms with Crippen molar-refractivity contribution in [1.82, 2.24) is 24.5 Å². The van der Waals surface area contributed by atoms with E-state index in [0.717, 1.165) is 11.2 Å². The SMILES string of the molecule is NC(=O)C(=O)C(Cc1ccc2ccccn12)NC(=O)c1ccnn1-c1ccccn1. The van der Waals surface area contributed by atoms with Gasteiger partial charge in [0.2, 0.25) is 5.78 Å². The van der Waals surface area contributed by atoms with Crippen LogP contribution >= 0.6 is 0 Å². The van der Waals surface area contributed by atoms with E-state index in [9.17, 15) is 14.4 Å².